The van der Waals surface area contributed by atoms with E-state index in [1.165, 1.54) is 9.21 Å². The third kappa shape index (κ3) is 7.57. The minimum absolute atomic E-state index is 0.0867. The first-order chi connectivity index (χ1) is 20.5. The SMILES string of the molecule is CC[C@H](C(=O)NC1CCCC1)N(Cc1cccc(OC)c1)C(=O)CN(c1cccc(C)c1C)S(=O)(=O)c1ccc(C)cc1. The van der Waals surface area contributed by atoms with Gasteiger partial charge in [0.05, 0.1) is 17.7 Å². The van der Waals surface area contributed by atoms with Crippen LogP contribution >= 0.6 is 0 Å². The lowest BCUT2D eigenvalue weighted by Gasteiger charge is -2.34. The molecule has 2 amide bonds. The van der Waals surface area contributed by atoms with Gasteiger partial charge in [-0.15, -0.1) is 0 Å². The summed E-state index contributed by atoms with van der Waals surface area (Å²) in [6.07, 6.45) is 4.34. The number of anilines is 1. The summed E-state index contributed by atoms with van der Waals surface area (Å²) in [4.78, 5) is 29.6. The summed E-state index contributed by atoms with van der Waals surface area (Å²) in [6, 6.07) is 18.7. The molecule has 1 N–H and O–H groups in total. The molecule has 9 heteroatoms. The molecular formula is C34H43N3O5S. The second kappa shape index (κ2) is 14.1. The molecule has 0 radical (unpaired) electrons. The highest BCUT2D eigenvalue weighted by molar-refractivity contribution is 7.92. The average molecular weight is 606 g/mol. The van der Waals surface area contributed by atoms with E-state index in [0.29, 0.717) is 17.9 Å². The van der Waals surface area contributed by atoms with E-state index < -0.39 is 28.5 Å². The van der Waals surface area contributed by atoms with E-state index in [2.05, 4.69) is 5.32 Å². The number of sulfonamides is 1. The van der Waals surface area contributed by atoms with Crippen molar-refractivity contribution in [3.63, 3.8) is 0 Å². The van der Waals surface area contributed by atoms with Gasteiger partial charge in [0.2, 0.25) is 11.8 Å². The number of ether oxygens (including phenoxy) is 1. The standard InChI is InChI=1S/C34H43N3O5S/c1-6-31(34(39)35-28-13-7-8-14-28)36(22-27-12-10-15-29(21-27)42-5)33(38)23-37(32-16-9-11-25(3)26(32)4)43(40,41)30-19-17-24(2)18-20-30/h9-12,15-21,28,31H,6-8,13-14,22-23H2,1-5H3,(H,35,39)/t31-/m1/s1. The zero-order valence-corrected chi connectivity index (χ0v) is 26.6. The van der Waals surface area contributed by atoms with Gasteiger partial charge in [0, 0.05) is 12.6 Å². The number of hydrogen-bond donors (Lipinski definition) is 1. The Bertz CT molecular complexity index is 1530. The van der Waals surface area contributed by atoms with E-state index >= 15 is 0 Å². The van der Waals surface area contributed by atoms with E-state index in [0.717, 1.165) is 47.9 Å². The molecule has 1 fully saturated rings. The molecule has 1 aliphatic rings. The van der Waals surface area contributed by atoms with Gasteiger partial charge in [-0.1, -0.05) is 61.7 Å². The van der Waals surface area contributed by atoms with Crippen molar-refractivity contribution in [3.8, 4) is 5.75 Å². The molecule has 0 spiro atoms. The molecule has 3 aromatic carbocycles. The minimum atomic E-state index is -4.13. The number of rotatable bonds is 12. The van der Waals surface area contributed by atoms with Crippen LogP contribution in [0.3, 0.4) is 0 Å². The molecule has 1 saturated carbocycles. The highest BCUT2D eigenvalue weighted by Gasteiger charge is 2.35. The predicted molar refractivity (Wildman–Crippen MR) is 170 cm³/mol. The quantitative estimate of drug-likeness (QED) is 0.287. The van der Waals surface area contributed by atoms with Crippen LogP contribution < -0.4 is 14.4 Å². The van der Waals surface area contributed by atoms with Gasteiger partial charge in [0.15, 0.2) is 0 Å². The smallest absolute Gasteiger partial charge is 0.264 e. The third-order valence-electron chi connectivity index (χ3n) is 8.31. The van der Waals surface area contributed by atoms with Crippen molar-refractivity contribution in [2.45, 2.75) is 83.3 Å². The van der Waals surface area contributed by atoms with Crippen molar-refractivity contribution in [1.82, 2.24) is 10.2 Å². The maximum absolute atomic E-state index is 14.4. The van der Waals surface area contributed by atoms with Crippen molar-refractivity contribution in [3.05, 3.63) is 89.0 Å². The number of amides is 2. The Balaban J connectivity index is 1.75. The maximum atomic E-state index is 14.4. The van der Waals surface area contributed by atoms with Crippen molar-refractivity contribution in [2.24, 2.45) is 0 Å². The van der Waals surface area contributed by atoms with Gasteiger partial charge in [0.1, 0.15) is 18.3 Å². The average Bonchev–Trinajstić information content (AvgIpc) is 3.50. The van der Waals surface area contributed by atoms with E-state index in [1.807, 2.05) is 58.0 Å². The number of carbonyl (C=O) groups is 2. The highest BCUT2D eigenvalue weighted by atomic mass is 32.2. The number of carbonyl (C=O) groups excluding carboxylic acids is 2. The summed E-state index contributed by atoms with van der Waals surface area (Å²) in [5.41, 5.74) is 3.80. The normalized spacial score (nSPS) is 14.3. The Morgan fingerprint density at radius 2 is 1.65 bits per heavy atom. The topological polar surface area (TPSA) is 96.0 Å². The lowest BCUT2D eigenvalue weighted by Crippen LogP contribution is -2.53. The first kappa shape index (κ1) is 32.1. The van der Waals surface area contributed by atoms with Gasteiger partial charge in [-0.25, -0.2) is 8.42 Å². The maximum Gasteiger partial charge on any atom is 0.264 e. The van der Waals surface area contributed by atoms with Crippen molar-refractivity contribution < 1.29 is 22.7 Å². The predicted octanol–water partition coefficient (Wildman–Crippen LogP) is 5.68. The van der Waals surface area contributed by atoms with E-state index in [-0.39, 0.29) is 23.4 Å². The second-order valence-corrected chi connectivity index (χ2v) is 13.2. The van der Waals surface area contributed by atoms with Crippen molar-refractivity contribution in [1.29, 1.82) is 0 Å². The number of aryl methyl sites for hydroxylation is 2. The van der Waals surface area contributed by atoms with Gasteiger partial charge in [0.25, 0.3) is 10.0 Å². The van der Waals surface area contributed by atoms with Crippen molar-refractivity contribution in [2.75, 3.05) is 18.0 Å². The molecule has 0 aromatic heterocycles. The van der Waals surface area contributed by atoms with Crippen LogP contribution in [0.2, 0.25) is 0 Å². The van der Waals surface area contributed by atoms with E-state index in [9.17, 15) is 18.0 Å². The molecule has 230 valence electrons. The molecule has 0 aliphatic heterocycles. The summed E-state index contributed by atoms with van der Waals surface area (Å²) >= 11 is 0. The number of benzene rings is 3. The lowest BCUT2D eigenvalue weighted by atomic mass is 10.1. The zero-order chi connectivity index (χ0) is 31.1. The van der Waals surface area contributed by atoms with Crippen LogP contribution in [0.5, 0.6) is 5.75 Å². The number of hydrogen-bond acceptors (Lipinski definition) is 5. The highest BCUT2D eigenvalue weighted by Crippen LogP contribution is 2.30. The summed E-state index contributed by atoms with van der Waals surface area (Å²) in [5.74, 6) is -0.0505. The molecule has 3 aromatic rings. The monoisotopic (exact) mass is 605 g/mol. The Morgan fingerprint density at radius 1 is 0.977 bits per heavy atom. The number of nitrogens with zero attached hydrogens (tertiary/aromatic N) is 2. The van der Waals surface area contributed by atoms with Crippen LogP contribution in [0.1, 0.15) is 61.3 Å². The Morgan fingerprint density at radius 3 is 2.30 bits per heavy atom. The minimum Gasteiger partial charge on any atom is -0.497 e. The van der Waals surface area contributed by atoms with E-state index in [4.69, 9.17) is 4.74 Å². The molecule has 0 heterocycles. The van der Waals surface area contributed by atoms with Crippen LogP contribution in [-0.2, 0) is 26.2 Å². The molecule has 0 bridgehead atoms. The Kier molecular flexibility index (Phi) is 10.5. The fourth-order valence-electron chi connectivity index (χ4n) is 5.61. The number of methoxy groups -OCH3 is 1. The molecule has 4 rings (SSSR count). The Labute approximate surface area is 256 Å². The van der Waals surface area contributed by atoms with Gasteiger partial charge >= 0.3 is 0 Å². The summed E-state index contributed by atoms with van der Waals surface area (Å²) in [5, 5.41) is 3.15. The lowest BCUT2D eigenvalue weighted by molar-refractivity contribution is -0.140. The Hall–Kier alpha value is -3.85. The van der Waals surface area contributed by atoms with Gasteiger partial charge in [-0.3, -0.25) is 13.9 Å². The van der Waals surface area contributed by atoms with Gasteiger partial charge in [-0.05, 0) is 87.1 Å². The summed E-state index contributed by atoms with van der Waals surface area (Å²) in [7, 11) is -2.55. The number of nitrogens with one attached hydrogen (secondary N) is 1. The summed E-state index contributed by atoms with van der Waals surface area (Å²) < 4.78 is 34.9. The van der Waals surface area contributed by atoms with Crippen LogP contribution in [0.4, 0.5) is 5.69 Å². The fraction of sp³-hybridized carbons (Fsp3) is 0.412. The first-order valence-electron chi connectivity index (χ1n) is 14.9. The fourth-order valence-corrected chi connectivity index (χ4v) is 7.08. The molecule has 8 nitrogen and oxygen atoms in total. The van der Waals surface area contributed by atoms with Gasteiger partial charge < -0.3 is 15.0 Å². The third-order valence-corrected chi connectivity index (χ3v) is 10.1. The molecule has 1 atom stereocenters. The van der Waals surface area contributed by atoms with Crippen LogP contribution in [0.25, 0.3) is 0 Å². The first-order valence-corrected chi connectivity index (χ1v) is 16.4. The second-order valence-electron chi connectivity index (χ2n) is 11.3. The van der Waals surface area contributed by atoms with Crippen LogP contribution in [0.15, 0.2) is 71.6 Å². The van der Waals surface area contributed by atoms with E-state index in [1.54, 1.807) is 43.5 Å². The largest absolute Gasteiger partial charge is 0.497 e. The molecule has 0 unspecified atom stereocenters. The molecule has 43 heavy (non-hydrogen) atoms. The molecule has 1 aliphatic carbocycles. The zero-order valence-electron chi connectivity index (χ0n) is 25.8. The van der Waals surface area contributed by atoms with Crippen molar-refractivity contribution >= 4 is 27.5 Å². The van der Waals surface area contributed by atoms with Gasteiger partial charge in [-0.2, -0.15) is 0 Å². The van der Waals surface area contributed by atoms with Crippen LogP contribution in [0, 0.1) is 20.8 Å². The summed E-state index contributed by atoms with van der Waals surface area (Å²) in [6.45, 7) is 7.18. The molecular weight excluding hydrogens is 562 g/mol. The van der Waals surface area contributed by atoms with Crippen LogP contribution in [-0.4, -0.2) is 50.9 Å². The molecule has 0 saturated heterocycles.